The van der Waals surface area contributed by atoms with Crippen molar-refractivity contribution in [2.45, 2.75) is 19.1 Å². The van der Waals surface area contributed by atoms with E-state index in [1.165, 1.54) is 0 Å². The van der Waals surface area contributed by atoms with Gasteiger partial charge in [0, 0.05) is 0 Å². The van der Waals surface area contributed by atoms with Crippen LogP contribution in [0.15, 0.2) is 18.2 Å². The molecule has 1 N–H and O–H groups in total. The zero-order valence-corrected chi connectivity index (χ0v) is 10.2. The predicted octanol–water partition coefficient (Wildman–Crippen LogP) is 1.81. The fourth-order valence-corrected chi connectivity index (χ4v) is 2.07. The molecule has 1 saturated heterocycles. The zero-order valence-electron chi connectivity index (χ0n) is 10.2. The highest BCUT2D eigenvalue weighted by Crippen LogP contribution is 2.23. The van der Waals surface area contributed by atoms with Crippen molar-refractivity contribution in [2.24, 2.45) is 0 Å². The Morgan fingerprint density at radius 1 is 1.41 bits per heavy atom. The van der Waals surface area contributed by atoms with Gasteiger partial charge >= 0.3 is 0 Å². The normalized spacial score (nSPS) is 22.4. The van der Waals surface area contributed by atoms with Crippen LogP contribution >= 0.6 is 0 Å². The Bertz CT molecular complexity index is 378. The van der Waals surface area contributed by atoms with E-state index in [1.54, 1.807) is 19.1 Å². The lowest BCUT2D eigenvalue weighted by molar-refractivity contribution is -0.101. The van der Waals surface area contributed by atoms with Gasteiger partial charge in [0.05, 0.1) is 25.9 Å². The topological polar surface area (TPSA) is 30.5 Å². The van der Waals surface area contributed by atoms with Crippen LogP contribution < -0.4 is 5.32 Å². The molecule has 0 amide bonds. The summed E-state index contributed by atoms with van der Waals surface area (Å²) >= 11 is 0. The molecule has 1 aromatic rings. The number of ether oxygens (including phenoxy) is 2. The van der Waals surface area contributed by atoms with Gasteiger partial charge in [-0.2, -0.15) is 0 Å². The minimum Gasteiger partial charge on any atom is -0.376 e. The summed E-state index contributed by atoms with van der Waals surface area (Å²) in [6.45, 7) is 3.53. The van der Waals surface area contributed by atoms with Crippen LogP contribution in [0.5, 0.6) is 0 Å². The summed E-state index contributed by atoms with van der Waals surface area (Å²) < 4.78 is 24.6. The Balaban J connectivity index is 2.18. The monoisotopic (exact) mass is 239 g/mol. The van der Waals surface area contributed by atoms with Crippen LogP contribution in [0.1, 0.15) is 17.2 Å². The second-order valence-corrected chi connectivity index (χ2v) is 4.26. The first-order valence-corrected chi connectivity index (χ1v) is 5.85. The Morgan fingerprint density at radius 2 is 2.24 bits per heavy atom. The molecule has 0 aliphatic carbocycles. The van der Waals surface area contributed by atoms with E-state index >= 15 is 0 Å². The average molecular weight is 239 g/mol. The molecule has 3 nitrogen and oxygen atoms in total. The lowest BCUT2D eigenvalue weighted by atomic mass is 10.00. The fourth-order valence-electron chi connectivity index (χ4n) is 2.07. The number of nitrogens with one attached hydrogen (secondary N) is 1. The van der Waals surface area contributed by atoms with Gasteiger partial charge in [0.1, 0.15) is 11.9 Å². The van der Waals surface area contributed by atoms with Gasteiger partial charge in [0.25, 0.3) is 0 Å². The number of benzene rings is 1. The minimum atomic E-state index is -0.181. The maximum Gasteiger partial charge on any atom is 0.126 e. The van der Waals surface area contributed by atoms with Gasteiger partial charge in [-0.1, -0.05) is 12.1 Å². The van der Waals surface area contributed by atoms with Crippen LogP contribution in [0.3, 0.4) is 0 Å². The van der Waals surface area contributed by atoms with Gasteiger partial charge in [-0.15, -0.1) is 0 Å². The van der Waals surface area contributed by atoms with Crippen molar-refractivity contribution in [1.29, 1.82) is 0 Å². The van der Waals surface area contributed by atoms with Gasteiger partial charge < -0.3 is 14.8 Å². The Kier molecular flexibility index (Phi) is 4.10. The average Bonchev–Trinajstić information content (AvgIpc) is 2.36. The maximum absolute atomic E-state index is 13.5. The third-order valence-corrected chi connectivity index (χ3v) is 3.08. The molecule has 0 saturated carbocycles. The number of likely N-dealkylation sites (N-methyl/N-ethyl adjacent to an activating group) is 1. The number of hydrogen-bond donors (Lipinski definition) is 1. The van der Waals surface area contributed by atoms with Gasteiger partial charge in [0.15, 0.2) is 0 Å². The lowest BCUT2D eigenvalue weighted by Gasteiger charge is -2.30. The Hall–Kier alpha value is -0.970. The van der Waals surface area contributed by atoms with Gasteiger partial charge in [-0.3, -0.25) is 0 Å². The molecule has 0 bridgehead atoms. The maximum atomic E-state index is 13.5. The molecule has 0 aromatic heterocycles. The van der Waals surface area contributed by atoms with Gasteiger partial charge in [-0.05, 0) is 31.2 Å². The van der Waals surface area contributed by atoms with Crippen LogP contribution in [0.25, 0.3) is 0 Å². The van der Waals surface area contributed by atoms with E-state index in [0.29, 0.717) is 25.4 Å². The number of hydrogen-bond acceptors (Lipinski definition) is 3. The molecule has 0 radical (unpaired) electrons. The molecular formula is C13H18FNO2. The summed E-state index contributed by atoms with van der Waals surface area (Å²) in [7, 11) is 1.85. The van der Waals surface area contributed by atoms with Crippen molar-refractivity contribution < 1.29 is 13.9 Å². The van der Waals surface area contributed by atoms with E-state index in [1.807, 2.05) is 13.1 Å². The van der Waals surface area contributed by atoms with Crippen molar-refractivity contribution >= 4 is 0 Å². The highest BCUT2D eigenvalue weighted by Gasteiger charge is 2.25. The number of rotatable bonds is 3. The van der Waals surface area contributed by atoms with Crippen LogP contribution in [-0.2, 0) is 9.47 Å². The van der Waals surface area contributed by atoms with Crippen molar-refractivity contribution in [3.63, 3.8) is 0 Å². The fraction of sp³-hybridized carbons (Fsp3) is 0.538. The lowest BCUT2D eigenvalue weighted by Crippen LogP contribution is -2.39. The van der Waals surface area contributed by atoms with Crippen molar-refractivity contribution in [1.82, 2.24) is 5.32 Å². The molecule has 4 heteroatoms. The van der Waals surface area contributed by atoms with E-state index in [-0.39, 0.29) is 18.0 Å². The van der Waals surface area contributed by atoms with E-state index < -0.39 is 0 Å². The first kappa shape index (κ1) is 12.5. The summed E-state index contributed by atoms with van der Waals surface area (Å²) in [5.74, 6) is -0.181. The van der Waals surface area contributed by atoms with Gasteiger partial charge in [0.2, 0.25) is 0 Å². The Morgan fingerprint density at radius 3 is 2.82 bits per heavy atom. The van der Waals surface area contributed by atoms with Crippen LogP contribution in [0.2, 0.25) is 0 Å². The molecule has 94 valence electrons. The van der Waals surface area contributed by atoms with Crippen molar-refractivity contribution in [3.05, 3.63) is 35.1 Å². The van der Waals surface area contributed by atoms with Crippen molar-refractivity contribution in [2.75, 3.05) is 26.9 Å². The highest BCUT2D eigenvalue weighted by molar-refractivity contribution is 5.26. The summed E-state index contributed by atoms with van der Waals surface area (Å²) in [6.07, 6.45) is -0.0594. The van der Waals surface area contributed by atoms with E-state index in [4.69, 9.17) is 9.47 Å². The molecule has 1 aliphatic rings. The largest absolute Gasteiger partial charge is 0.376 e. The van der Waals surface area contributed by atoms with E-state index in [9.17, 15) is 4.39 Å². The second kappa shape index (κ2) is 5.58. The molecule has 2 rings (SSSR count). The molecular weight excluding hydrogens is 221 g/mol. The summed E-state index contributed by atoms with van der Waals surface area (Å²) in [5.41, 5.74) is 1.55. The van der Waals surface area contributed by atoms with Gasteiger partial charge in [-0.25, -0.2) is 4.39 Å². The molecule has 1 aliphatic heterocycles. The smallest absolute Gasteiger partial charge is 0.126 e. The zero-order chi connectivity index (χ0) is 12.3. The highest BCUT2D eigenvalue weighted by atomic mass is 19.1. The summed E-state index contributed by atoms with van der Waals surface area (Å²) in [4.78, 5) is 0. The molecule has 17 heavy (non-hydrogen) atoms. The minimum absolute atomic E-state index is 0.0367. The molecule has 1 fully saturated rings. The second-order valence-electron chi connectivity index (χ2n) is 4.26. The first-order chi connectivity index (χ1) is 8.22. The first-order valence-electron chi connectivity index (χ1n) is 5.85. The molecule has 0 spiro atoms. The van der Waals surface area contributed by atoms with Crippen LogP contribution in [0, 0.1) is 12.7 Å². The number of halogens is 1. The predicted molar refractivity (Wildman–Crippen MR) is 63.5 cm³/mol. The van der Waals surface area contributed by atoms with E-state index in [2.05, 4.69) is 5.32 Å². The third kappa shape index (κ3) is 2.83. The molecule has 1 aromatic carbocycles. The molecule has 2 atom stereocenters. The standard InChI is InChI=1S/C13H18FNO2/c1-9-3-4-10(7-11(9)14)13(15-2)12-8-16-5-6-17-12/h3-4,7,12-13,15H,5-6,8H2,1-2H3. The Labute approximate surface area is 101 Å². The van der Waals surface area contributed by atoms with Crippen LogP contribution in [0.4, 0.5) is 4.39 Å². The number of aryl methyl sites for hydroxylation is 1. The van der Waals surface area contributed by atoms with Crippen molar-refractivity contribution in [3.8, 4) is 0 Å². The van der Waals surface area contributed by atoms with Crippen LogP contribution in [-0.4, -0.2) is 33.0 Å². The summed E-state index contributed by atoms with van der Waals surface area (Å²) in [5, 5.41) is 3.16. The third-order valence-electron chi connectivity index (χ3n) is 3.08. The SMILES string of the molecule is CNC(c1ccc(C)c(F)c1)C1COCCO1. The van der Waals surface area contributed by atoms with E-state index in [0.717, 1.165) is 5.56 Å². The molecule has 2 unspecified atom stereocenters. The summed E-state index contributed by atoms with van der Waals surface area (Å²) in [6, 6.07) is 5.25. The molecule has 1 heterocycles. The quantitative estimate of drug-likeness (QED) is 0.872.